The molecular weight excluding hydrogens is 212 g/mol. The number of aryl methyl sites for hydroxylation is 1. The molecule has 1 aliphatic heterocycles. The standard InChI is InChI=1S/C10H14N2O2S/c1-6-8(11)4-9(15-6)10(14)12-3-2-7(13)5-12/h4,7,13H,2-3,5,11H2,1H3. The van der Waals surface area contributed by atoms with Crippen molar-refractivity contribution >= 4 is 22.9 Å². The SMILES string of the molecule is Cc1sc(C(=O)N2CCC(O)C2)cc1N. The first kappa shape index (κ1) is 10.4. The molecule has 0 aliphatic carbocycles. The molecule has 2 rings (SSSR count). The van der Waals surface area contributed by atoms with E-state index in [0.717, 1.165) is 4.88 Å². The second-order valence-corrected chi connectivity index (χ2v) is 5.07. The topological polar surface area (TPSA) is 66.6 Å². The van der Waals surface area contributed by atoms with E-state index in [-0.39, 0.29) is 12.0 Å². The van der Waals surface area contributed by atoms with Gasteiger partial charge in [0.1, 0.15) is 0 Å². The number of anilines is 1. The zero-order valence-electron chi connectivity index (χ0n) is 8.56. The van der Waals surface area contributed by atoms with Crippen molar-refractivity contribution in [3.8, 4) is 0 Å². The third-order valence-corrected chi connectivity index (χ3v) is 3.67. The number of hydrogen-bond acceptors (Lipinski definition) is 4. The molecule has 0 aromatic carbocycles. The summed E-state index contributed by atoms with van der Waals surface area (Å²) in [6.07, 6.45) is 0.304. The Bertz CT molecular complexity index is 369. The third-order valence-electron chi connectivity index (χ3n) is 2.62. The van der Waals surface area contributed by atoms with Gasteiger partial charge in [0.25, 0.3) is 5.91 Å². The van der Waals surface area contributed by atoms with Crippen LogP contribution in [0.15, 0.2) is 6.07 Å². The van der Waals surface area contributed by atoms with E-state index in [9.17, 15) is 9.90 Å². The van der Waals surface area contributed by atoms with E-state index in [1.165, 1.54) is 11.3 Å². The van der Waals surface area contributed by atoms with Gasteiger partial charge < -0.3 is 15.7 Å². The van der Waals surface area contributed by atoms with Crippen LogP contribution in [0.4, 0.5) is 5.69 Å². The quantitative estimate of drug-likeness (QED) is 0.746. The Hall–Kier alpha value is -1.07. The van der Waals surface area contributed by atoms with Gasteiger partial charge in [-0.05, 0) is 19.4 Å². The molecule has 0 radical (unpaired) electrons. The highest BCUT2D eigenvalue weighted by Crippen LogP contribution is 2.25. The molecule has 0 saturated carbocycles. The van der Waals surface area contributed by atoms with E-state index in [1.54, 1.807) is 11.0 Å². The smallest absolute Gasteiger partial charge is 0.264 e. The van der Waals surface area contributed by atoms with Gasteiger partial charge in [-0.2, -0.15) is 0 Å². The lowest BCUT2D eigenvalue weighted by Gasteiger charge is -2.13. The van der Waals surface area contributed by atoms with Crippen molar-refractivity contribution in [3.63, 3.8) is 0 Å². The highest BCUT2D eigenvalue weighted by Gasteiger charge is 2.26. The van der Waals surface area contributed by atoms with Crippen molar-refractivity contribution in [1.29, 1.82) is 0 Å². The summed E-state index contributed by atoms with van der Waals surface area (Å²) in [5.74, 6) is -0.0173. The van der Waals surface area contributed by atoms with E-state index in [4.69, 9.17) is 5.73 Å². The van der Waals surface area contributed by atoms with Crippen LogP contribution in [-0.4, -0.2) is 35.1 Å². The predicted molar refractivity (Wildman–Crippen MR) is 60.0 cm³/mol. The molecule has 4 nitrogen and oxygen atoms in total. The summed E-state index contributed by atoms with van der Waals surface area (Å²) in [5, 5.41) is 9.34. The molecule has 15 heavy (non-hydrogen) atoms. The summed E-state index contributed by atoms with van der Waals surface area (Å²) in [7, 11) is 0. The molecule has 1 fully saturated rings. The summed E-state index contributed by atoms with van der Waals surface area (Å²) in [6.45, 7) is 2.97. The number of thiophene rings is 1. The van der Waals surface area contributed by atoms with Gasteiger partial charge in [0, 0.05) is 23.7 Å². The molecular formula is C10H14N2O2S. The monoisotopic (exact) mass is 226 g/mol. The van der Waals surface area contributed by atoms with Gasteiger partial charge in [0.2, 0.25) is 0 Å². The van der Waals surface area contributed by atoms with Gasteiger partial charge in [-0.15, -0.1) is 11.3 Å². The Balaban J connectivity index is 2.14. The number of aliphatic hydroxyl groups is 1. The van der Waals surface area contributed by atoms with Crippen molar-refractivity contribution in [2.75, 3.05) is 18.8 Å². The summed E-state index contributed by atoms with van der Waals surface area (Å²) in [5.41, 5.74) is 6.36. The molecule has 1 aromatic rings. The number of carbonyl (C=O) groups excluding carboxylic acids is 1. The number of carbonyl (C=O) groups is 1. The van der Waals surface area contributed by atoms with E-state index >= 15 is 0 Å². The van der Waals surface area contributed by atoms with Crippen LogP contribution in [0.2, 0.25) is 0 Å². The fraction of sp³-hybridized carbons (Fsp3) is 0.500. The number of amides is 1. The first-order valence-corrected chi connectivity index (χ1v) is 5.73. The lowest BCUT2D eigenvalue weighted by molar-refractivity contribution is 0.0769. The van der Waals surface area contributed by atoms with Crippen LogP contribution in [0.3, 0.4) is 0 Å². The first-order chi connectivity index (χ1) is 7.08. The fourth-order valence-corrected chi connectivity index (χ4v) is 2.59. The van der Waals surface area contributed by atoms with Crippen LogP contribution in [0.25, 0.3) is 0 Å². The highest BCUT2D eigenvalue weighted by molar-refractivity contribution is 7.14. The highest BCUT2D eigenvalue weighted by atomic mass is 32.1. The molecule has 1 aliphatic rings. The Labute approximate surface area is 92.3 Å². The number of hydrogen-bond donors (Lipinski definition) is 2. The van der Waals surface area contributed by atoms with Crippen molar-refractivity contribution in [1.82, 2.24) is 4.90 Å². The number of nitrogen functional groups attached to an aromatic ring is 1. The van der Waals surface area contributed by atoms with E-state index in [2.05, 4.69) is 0 Å². The van der Waals surface area contributed by atoms with Gasteiger partial charge in [0.05, 0.1) is 11.0 Å². The molecule has 1 atom stereocenters. The molecule has 0 bridgehead atoms. The molecule has 1 amide bonds. The molecule has 82 valence electrons. The van der Waals surface area contributed by atoms with Crippen molar-refractivity contribution in [3.05, 3.63) is 15.8 Å². The molecule has 3 N–H and O–H groups in total. The van der Waals surface area contributed by atoms with E-state index < -0.39 is 0 Å². The zero-order valence-corrected chi connectivity index (χ0v) is 9.38. The van der Waals surface area contributed by atoms with Crippen molar-refractivity contribution in [2.45, 2.75) is 19.4 Å². The molecule has 2 heterocycles. The maximum absolute atomic E-state index is 11.9. The van der Waals surface area contributed by atoms with Gasteiger partial charge >= 0.3 is 0 Å². The lowest BCUT2D eigenvalue weighted by atomic mass is 10.3. The molecule has 0 spiro atoms. The van der Waals surface area contributed by atoms with Crippen molar-refractivity contribution in [2.24, 2.45) is 0 Å². The molecule has 1 saturated heterocycles. The van der Waals surface area contributed by atoms with Crippen LogP contribution in [0.1, 0.15) is 21.0 Å². The lowest BCUT2D eigenvalue weighted by Crippen LogP contribution is -2.28. The van der Waals surface area contributed by atoms with E-state index in [1.807, 2.05) is 6.92 Å². The number of β-amino-alcohol motifs (C(OH)–C–C–N with tert-alkyl or cyclic N) is 1. The van der Waals surface area contributed by atoms with E-state index in [0.29, 0.717) is 30.1 Å². The number of likely N-dealkylation sites (tertiary alicyclic amines) is 1. The molecule has 5 heteroatoms. The first-order valence-electron chi connectivity index (χ1n) is 4.91. The summed E-state index contributed by atoms with van der Waals surface area (Å²) in [6, 6.07) is 1.72. The third kappa shape index (κ3) is 1.98. The van der Waals surface area contributed by atoms with Crippen molar-refractivity contribution < 1.29 is 9.90 Å². The Kier molecular flexibility index (Phi) is 2.67. The fourth-order valence-electron chi connectivity index (χ4n) is 1.68. The van der Waals surface area contributed by atoms with Crippen LogP contribution < -0.4 is 5.73 Å². The van der Waals surface area contributed by atoms with Crippen LogP contribution in [0, 0.1) is 6.92 Å². The minimum atomic E-state index is -0.368. The summed E-state index contributed by atoms with van der Waals surface area (Å²) in [4.78, 5) is 15.2. The molecule has 1 unspecified atom stereocenters. The van der Waals surface area contributed by atoms with Gasteiger partial charge in [0.15, 0.2) is 0 Å². The second-order valence-electron chi connectivity index (χ2n) is 3.82. The Morgan fingerprint density at radius 2 is 2.47 bits per heavy atom. The van der Waals surface area contributed by atoms with Gasteiger partial charge in [-0.25, -0.2) is 0 Å². The number of aliphatic hydroxyl groups excluding tert-OH is 1. The second kappa shape index (κ2) is 3.83. The zero-order chi connectivity index (χ0) is 11.0. The van der Waals surface area contributed by atoms with Gasteiger partial charge in [-0.3, -0.25) is 4.79 Å². The minimum Gasteiger partial charge on any atom is -0.398 e. The number of nitrogens with two attached hydrogens (primary N) is 1. The Morgan fingerprint density at radius 3 is 2.93 bits per heavy atom. The molecule has 1 aromatic heterocycles. The largest absolute Gasteiger partial charge is 0.398 e. The van der Waals surface area contributed by atoms with Crippen LogP contribution in [0.5, 0.6) is 0 Å². The number of nitrogens with zero attached hydrogens (tertiary/aromatic N) is 1. The average molecular weight is 226 g/mol. The van der Waals surface area contributed by atoms with Crippen LogP contribution in [-0.2, 0) is 0 Å². The van der Waals surface area contributed by atoms with Crippen LogP contribution >= 0.6 is 11.3 Å². The average Bonchev–Trinajstić information content (AvgIpc) is 2.74. The summed E-state index contributed by atoms with van der Waals surface area (Å²) >= 11 is 1.41. The number of rotatable bonds is 1. The normalized spacial score (nSPS) is 20.9. The van der Waals surface area contributed by atoms with Gasteiger partial charge in [-0.1, -0.05) is 0 Å². The Morgan fingerprint density at radius 1 is 1.73 bits per heavy atom. The summed E-state index contributed by atoms with van der Waals surface area (Å²) < 4.78 is 0. The maximum Gasteiger partial charge on any atom is 0.264 e. The predicted octanol–water partition coefficient (Wildman–Crippen LogP) is 0.846. The minimum absolute atomic E-state index is 0.0173. The maximum atomic E-state index is 11.9.